The Morgan fingerprint density at radius 1 is 1.47 bits per heavy atom. The van der Waals surface area contributed by atoms with Crippen molar-refractivity contribution in [1.29, 1.82) is 0 Å². The van der Waals surface area contributed by atoms with Crippen LogP contribution in [0.1, 0.15) is 29.9 Å². The van der Waals surface area contributed by atoms with Crippen LogP contribution in [0.2, 0.25) is 0 Å². The molecule has 1 unspecified atom stereocenters. The molecule has 3 heteroatoms. The van der Waals surface area contributed by atoms with Crippen molar-refractivity contribution in [2.45, 2.75) is 25.2 Å². The predicted molar refractivity (Wildman–Crippen MR) is 66.8 cm³/mol. The van der Waals surface area contributed by atoms with Crippen LogP contribution in [0.3, 0.4) is 0 Å². The van der Waals surface area contributed by atoms with E-state index in [0.29, 0.717) is 18.9 Å². The smallest absolute Gasteiger partial charge is 0.223 e. The molecule has 0 saturated heterocycles. The van der Waals surface area contributed by atoms with Crippen molar-refractivity contribution in [3.8, 4) is 0 Å². The van der Waals surface area contributed by atoms with Gasteiger partial charge in [-0.1, -0.05) is 24.3 Å². The summed E-state index contributed by atoms with van der Waals surface area (Å²) in [5.41, 5.74) is 2.72. The van der Waals surface area contributed by atoms with Crippen LogP contribution in [-0.2, 0) is 11.2 Å². The third kappa shape index (κ3) is 2.67. The fraction of sp³-hybridized carbons (Fsp3) is 0.500. The fourth-order valence-corrected chi connectivity index (χ4v) is 2.50. The van der Waals surface area contributed by atoms with Gasteiger partial charge in [0.2, 0.25) is 5.91 Å². The number of aliphatic hydroxyl groups excluding tert-OH is 1. The van der Waals surface area contributed by atoms with E-state index < -0.39 is 0 Å². The summed E-state index contributed by atoms with van der Waals surface area (Å²) in [5.74, 6) is 0.487. The Bertz CT molecular complexity index is 403. The zero-order chi connectivity index (χ0) is 12.3. The van der Waals surface area contributed by atoms with Crippen LogP contribution >= 0.6 is 0 Å². The molecule has 0 aliphatic heterocycles. The average molecular weight is 233 g/mol. The van der Waals surface area contributed by atoms with E-state index in [-0.39, 0.29) is 12.5 Å². The van der Waals surface area contributed by atoms with Crippen molar-refractivity contribution in [3.63, 3.8) is 0 Å². The Morgan fingerprint density at radius 3 is 3.00 bits per heavy atom. The molecule has 1 aromatic rings. The summed E-state index contributed by atoms with van der Waals surface area (Å²) in [6.07, 6.45) is 2.71. The molecule has 0 fully saturated rings. The summed E-state index contributed by atoms with van der Waals surface area (Å²) in [7, 11) is 1.75. The van der Waals surface area contributed by atoms with Gasteiger partial charge in [-0.05, 0) is 29.9 Å². The monoisotopic (exact) mass is 233 g/mol. The number of carbonyl (C=O) groups is 1. The van der Waals surface area contributed by atoms with E-state index in [1.165, 1.54) is 11.1 Å². The second-order valence-electron chi connectivity index (χ2n) is 4.68. The molecule has 1 aromatic carbocycles. The van der Waals surface area contributed by atoms with Crippen molar-refractivity contribution in [1.82, 2.24) is 4.90 Å². The van der Waals surface area contributed by atoms with Crippen molar-refractivity contribution in [2.24, 2.45) is 0 Å². The molecule has 3 nitrogen and oxygen atoms in total. The number of likely N-dealkylation sites (N-methyl/N-ethyl adjacent to an activating group) is 1. The number of aliphatic hydroxyl groups is 1. The molecule has 92 valence electrons. The van der Waals surface area contributed by atoms with E-state index in [2.05, 4.69) is 18.2 Å². The maximum Gasteiger partial charge on any atom is 0.223 e. The Morgan fingerprint density at radius 2 is 2.24 bits per heavy atom. The van der Waals surface area contributed by atoms with Gasteiger partial charge in [0.15, 0.2) is 0 Å². The highest BCUT2D eigenvalue weighted by Crippen LogP contribution is 2.35. The van der Waals surface area contributed by atoms with Gasteiger partial charge in [0.25, 0.3) is 0 Å². The number of benzene rings is 1. The molecule has 0 saturated carbocycles. The normalized spacial score (nSPS) is 17.9. The maximum absolute atomic E-state index is 11.9. The van der Waals surface area contributed by atoms with E-state index >= 15 is 0 Å². The number of nitrogens with zero attached hydrogens (tertiary/aromatic N) is 1. The largest absolute Gasteiger partial charge is 0.395 e. The fourth-order valence-electron chi connectivity index (χ4n) is 2.50. The van der Waals surface area contributed by atoms with Gasteiger partial charge in [0.05, 0.1) is 6.61 Å². The number of fused-ring (bicyclic) bond motifs is 1. The van der Waals surface area contributed by atoms with Crippen LogP contribution < -0.4 is 0 Å². The van der Waals surface area contributed by atoms with Crippen LogP contribution in [0.15, 0.2) is 24.3 Å². The van der Waals surface area contributed by atoms with Crippen molar-refractivity contribution >= 4 is 5.91 Å². The Balaban J connectivity index is 2.00. The highest BCUT2D eigenvalue weighted by Gasteiger charge is 2.25. The molecule has 1 N–H and O–H groups in total. The number of hydrogen-bond acceptors (Lipinski definition) is 2. The van der Waals surface area contributed by atoms with Gasteiger partial charge >= 0.3 is 0 Å². The number of carbonyl (C=O) groups excluding carboxylic acids is 1. The molecular formula is C14H19NO2. The first-order chi connectivity index (χ1) is 8.22. The second-order valence-corrected chi connectivity index (χ2v) is 4.68. The molecule has 17 heavy (non-hydrogen) atoms. The van der Waals surface area contributed by atoms with E-state index in [4.69, 9.17) is 5.11 Å². The number of hydrogen-bond donors (Lipinski definition) is 1. The summed E-state index contributed by atoms with van der Waals surface area (Å²) < 4.78 is 0. The summed E-state index contributed by atoms with van der Waals surface area (Å²) >= 11 is 0. The SMILES string of the molecule is CN(CCO)C(=O)CC1CCc2ccccc21. The lowest BCUT2D eigenvalue weighted by Gasteiger charge is -2.18. The van der Waals surface area contributed by atoms with Crippen molar-refractivity contribution in [2.75, 3.05) is 20.2 Å². The zero-order valence-corrected chi connectivity index (χ0v) is 10.2. The number of amides is 1. The van der Waals surface area contributed by atoms with Crippen LogP contribution in [0.5, 0.6) is 0 Å². The molecule has 0 bridgehead atoms. The highest BCUT2D eigenvalue weighted by atomic mass is 16.3. The molecule has 0 spiro atoms. The topological polar surface area (TPSA) is 40.5 Å². The lowest BCUT2D eigenvalue weighted by Crippen LogP contribution is -2.30. The third-order valence-corrected chi connectivity index (χ3v) is 3.54. The van der Waals surface area contributed by atoms with Gasteiger partial charge in [-0.15, -0.1) is 0 Å². The minimum atomic E-state index is 0.0312. The van der Waals surface area contributed by atoms with E-state index in [1.807, 2.05) is 6.07 Å². The van der Waals surface area contributed by atoms with Gasteiger partial charge in [0, 0.05) is 20.0 Å². The van der Waals surface area contributed by atoms with Gasteiger partial charge in [-0.25, -0.2) is 0 Å². The summed E-state index contributed by atoms with van der Waals surface area (Å²) in [6, 6.07) is 8.38. The Labute approximate surface area is 102 Å². The van der Waals surface area contributed by atoms with Gasteiger partial charge in [-0.3, -0.25) is 4.79 Å². The van der Waals surface area contributed by atoms with Crippen LogP contribution in [0, 0.1) is 0 Å². The number of aryl methyl sites for hydroxylation is 1. The average Bonchev–Trinajstić information content (AvgIpc) is 2.73. The summed E-state index contributed by atoms with van der Waals surface area (Å²) in [5, 5.41) is 8.81. The zero-order valence-electron chi connectivity index (χ0n) is 10.2. The third-order valence-electron chi connectivity index (χ3n) is 3.54. The maximum atomic E-state index is 11.9. The van der Waals surface area contributed by atoms with Crippen molar-refractivity contribution in [3.05, 3.63) is 35.4 Å². The molecule has 0 heterocycles. The Kier molecular flexibility index (Phi) is 3.79. The lowest BCUT2D eigenvalue weighted by atomic mass is 9.97. The van der Waals surface area contributed by atoms with E-state index in [1.54, 1.807) is 11.9 Å². The molecule has 1 amide bonds. The molecule has 0 aromatic heterocycles. The van der Waals surface area contributed by atoms with Gasteiger partial charge in [-0.2, -0.15) is 0 Å². The highest BCUT2D eigenvalue weighted by molar-refractivity contribution is 5.77. The molecule has 0 radical (unpaired) electrons. The summed E-state index contributed by atoms with van der Waals surface area (Å²) in [4.78, 5) is 13.5. The standard InChI is InChI=1S/C14H19NO2/c1-15(8-9-16)14(17)10-12-7-6-11-4-2-3-5-13(11)12/h2-5,12,16H,6-10H2,1H3. The minimum absolute atomic E-state index is 0.0312. The van der Waals surface area contributed by atoms with E-state index in [9.17, 15) is 4.79 Å². The van der Waals surface area contributed by atoms with Crippen LogP contribution in [-0.4, -0.2) is 36.1 Å². The van der Waals surface area contributed by atoms with Crippen LogP contribution in [0.25, 0.3) is 0 Å². The second kappa shape index (κ2) is 5.32. The quantitative estimate of drug-likeness (QED) is 0.857. The molecule has 1 aliphatic carbocycles. The molecule has 2 rings (SSSR count). The molecular weight excluding hydrogens is 214 g/mol. The predicted octanol–water partition coefficient (Wildman–Crippen LogP) is 1.56. The first-order valence-corrected chi connectivity index (χ1v) is 6.15. The molecule has 1 aliphatic rings. The number of rotatable bonds is 4. The summed E-state index contributed by atoms with van der Waals surface area (Å²) in [6.45, 7) is 0.455. The van der Waals surface area contributed by atoms with Crippen LogP contribution in [0.4, 0.5) is 0 Å². The first-order valence-electron chi connectivity index (χ1n) is 6.15. The van der Waals surface area contributed by atoms with Gasteiger partial charge < -0.3 is 10.0 Å². The Hall–Kier alpha value is -1.35. The van der Waals surface area contributed by atoms with Gasteiger partial charge in [0.1, 0.15) is 0 Å². The van der Waals surface area contributed by atoms with E-state index in [0.717, 1.165) is 12.8 Å². The first kappa shape index (κ1) is 12.1. The minimum Gasteiger partial charge on any atom is -0.395 e. The molecule has 1 atom stereocenters. The lowest BCUT2D eigenvalue weighted by molar-refractivity contribution is -0.130. The van der Waals surface area contributed by atoms with Crippen molar-refractivity contribution < 1.29 is 9.90 Å².